The summed E-state index contributed by atoms with van der Waals surface area (Å²) in [5.74, 6) is 0.000283. The molecule has 0 aliphatic rings. The van der Waals surface area contributed by atoms with E-state index in [-0.39, 0.29) is 5.91 Å². The number of rotatable bonds is 6. The third kappa shape index (κ3) is 4.17. The average Bonchev–Trinajstić information content (AvgIpc) is 2.91. The van der Waals surface area contributed by atoms with Crippen LogP contribution in [-0.4, -0.2) is 22.7 Å². The predicted molar refractivity (Wildman–Crippen MR) is 84.3 cm³/mol. The number of hydrogen-bond acceptors (Lipinski definition) is 2. The summed E-state index contributed by atoms with van der Waals surface area (Å²) in [6.07, 6.45) is 2.71. The summed E-state index contributed by atoms with van der Waals surface area (Å²) in [6.45, 7) is 4.90. The van der Waals surface area contributed by atoms with E-state index in [2.05, 4.69) is 24.1 Å². The number of H-pyrrole nitrogens is 1. The van der Waals surface area contributed by atoms with Gasteiger partial charge in [0.25, 0.3) is 5.91 Å². The van der Waals surface area contributed by atoms with Gasteiger partial charge in [-0.1, -0.05) is 26.0 Å². The molecule has 0 atom stereocenters. The van der Waals surface area contributed by atoms with Gasteiger partial charge in [-0.15, -0.1) is 11.8 Å². The Hall–Kier alpha value is -1.68. The van der Waals surface area contributed by atoms with Crippen LogP contribution >= 0.6 is 11.8 Å². The van der Waals surface area contributed by atoms with Gasteiger partial charge in [0.1, 0.15) is 0 Å². The van der Waals surface area contributed by atoms with Gasteiger partial charge in [0, 0.05) is 35.0 Å². The second kappa shape index (κ2) is 7.20. The first-order valence-electron chi connectivity index (χ1n) is 6.83. The van der Waals surface area contributed by atoms with Crippen molar-refractivity contribution in [3.63, 3.8) is 0 Å². The van der Waals surface area contributed by atoms with Crippen molar-refractivity contribution in [2.75, 3.05) is 6.54 Å². The number of thioether (sulfide) groups is 1. The standard InChI is InChI=1S/C16H20N2OS/c1-12(2)20-15-8-4-3-7-14(15)16(19)18-11-9-13-6-5-10-17-13/h3-8,10,12,17H,9,11H2,1-2H3,(H,18,19). The molecule has 0 saturated carbocycles. The van der Waals surface area contributed by atoms with Crippen molar-refractivity contribution in [1.82, 2.24) is 10.3 Å². The van der Waals surface area contributed by atoms with E-state index >= 15 is 0 Å². The van der Waals surface area contributed by atoms with Crippen LogP contribution in [0.1, 0.15) is 29.9 Å². The predicted octanol–water partition coefficient (Wildman–Crippen LogP) is 3.49. The summed E-state index contributed by atoms with van der Waals surface area (Å²) < 4.78 is 0. The van der Waals surface area contributed by atoms with E-state index in [9.17, 15) is 4.79 Å². The van der Waals surface area contributed by atoms with E-state index in [0.717, 1.165) is 22.6 Å². The minimum Gasteiger partial charge on any atom is -0.365 e. The molecular formula is C16H20N2OS. The van der Waals surface area contributed by atoms with Gasteiger partial charge >= 0.3 is 0 Å². The number of hydrogen-bond donors (Lipinski definition) is 2. The fraction of sp³-hybridized carbons (Fsp3) is 0.312. The molecule has 2 N–H and O–H groups in total. The van der Waals surface area contributed by atoms with E-state index in [1.54, 1.807) is 11.8 Å². The Morgan fingerprint density at radius 1 is 1.25 bits per heavy atom. The molecule has 0 spiro atoms. The number of amides is 1. The largest absolute Gasteiger partial charge is 0.365 e. The topological polar surface area (TPSA) is 44.9 Å². The van der Waals surface area contributed by atoms with Gasteiger partial charge in [-0.05, 0) is 24.3 Å². The zero-order valence-corrected chi connectivity index (χ0v) is 12.7. The van der Waals surface area contributed by atoms with Crippen LogP contribution in [0.2, 0.25) is 0 Å². The molecular weight excluding hydrogens is 268 g/mol. The van der Waals surface area contributed by atoms with Crippen molar-refractivity contribution in [2.24, 2.45) is 0 Å². The van der Waals surface area contributed by atoms with Crippen LogP contribution in [0.4, 0.5) is 0 Å². The van der Waals surface area contributed by atoms with Crippen LogP contribution in [-0.2, 0) is 6.42 Å². The van der Waals surface area contributed by atoms with E-state index in [4.69, 9.17) is 0 Å². The summed E-state index contributed by atoms with van der Waals surface area (Å²) in [6, 6.07) is 11.8. The third-order valence-electron chi connectivity index (χ3n) is 2.84. The van der Waals surface area contributed by atoms with Gasteiger partial charge in [0.05, 0.1) is 5.56 Å². The minimum absolute atomic E-state index is 0.000283. The van der Waals surface area contributed by atoms with Crippen LogP contribution in [0, 0.1) is 0 Å². The highest BCUT2D eigenvalue weighted by Crippen LogP contribution is 2.26. The normalized spacial score (nSPS) is 10.8. The Morgan fingerprint density at radius 3 is 2.75 bits per heavy atom. The van der Waals surface area contributed by atoms with Crippen LogP contribution in [0.5, 0.6) is 0 Å². The second-order valence-electron chi connectivity index (χ2n) is 4.86. The van der Waals surface area contributed by atoms with Crippen LogP contribution in [0.25, 0.3) is 0 Å². The Labute approximate surface area is 124 Å². The Morgan fingerprint density at radius 2 is 2.05 bits per heavy atom. The third-order valence-corrected chi connectivity index (χ3v) is 3.92. The first-order chi connectivity index (χ1) is 9.66. The van der Waals surface area contributed by atoms with Crippen molar-refractivity contribution in [1.29, 1.82) is 0 Å². The van der Waals surface area contributed by atoms with Gasteiger partial charge < -0.3 is 10.3 Å². The number of aromatic amines is 1. The number of aromatic nitrogens is 1. The van der Waals surface area contributed by atoms with E-state index < -0.39 is 0 Å². The smallest absolute Gasteiger partial charge is 0.252 e. The molecule has 2 rings (SSSR count). The molecule has 20 heavy (non-hydrogen) atoms. The van der Waals surface area contributed by atoms with Crippen molar-refractivity contribution in [3.05, 3.63) is 53.9 Å². The van der Waals surface area contributed by atoms with Gasteiger partial charge in [-0.2, -0.15) is 0 Å². The number of nitrogens with one attached hydrogen (secondary N) is 2. The Kier molecular flexibility index (Phi) is 5.30. The van der Waals surface area contributed by atoms with Crippen molar-refractivity contribution >= 4 is 17.7 Å². The lowest BCUT2D eigenvalue weighted by atomic mass is 10.2. The monoisotopic (exact) mass is 288 g/mol. The summed E-state index contributed by atoms with van der Waals surface area (Å²) in [4.78, 5) is 16.4. The molecule has 1 amide bonds. The van der Waals surface area contributed by atoms with Gasteiger partial charge in [-0.3, -0.25) is 4.79 Å². The Balaban J connectivity index is 1.94. The fourth-order valence-corrected chi connectivity index (χ4v) is 2.89. The molecule has 0 aliphatic carbocycles. The summed E-state index contributed by atoms with van der Waals surface area (Å²) in [5, 5.41) is 3.44. The molecule has 1 aromatic carbocycles. The fourth-order valence-electron chi connectivity index (χ4n) is 1.94. The lowest BCUT2D eigenvalue weighted by Crippen LogP contribution is -2.26. The first-order valence-corrected chi connectivity index (χ1v) is 7.71. The van der Waals surface area contributed by atoms with Crippen molar-refractivity contribution in [2.45, 2.75) is 30.4 Å². The average molecular weight is 288 g/mol. The lowest BCUT2D eigenvalue weighted by molar-refractivity contribution is 0.0951. The molecule has 106 valence electrons. The second-order valence-corrected chi connectivity index (χ2v) is 6.48. The molecule has 0 radical (unpaired) electrons. The van der Waals surface area contributed by atoms with Crippen LogP contribution in [0.15, 0.2) is 47.5 Å². The molecule has 1 heterocycles. The van der Waals surface area contributed by atoms with E-state index in [0.29, 0.717) is 11.8 Å². The molecule has 3 nitrogen and oxygen atoms in total. The number of carbonyl (C=O) groups is 1. The molecule has 0 unspecified atom stereocenters. The molecule has 1 aromatic heterocycles. The molecule has 4 heteroatoms. The maximum absolute atomic E-state index is 12.2. The van der Waals surface area contributed by atoms with E-state index in [1.807, 2.05) is 42.6 Å². The maximum Gasteiger partial charge on any atom is 0.252 e. The molecule has 0 saturated heterocycles. The zero-order chi connectivity index (χ0) is 14.4. The summed E-state index contributed by atoms with van der Waals surface area (Å²) in [5.41, 5.74) is 1.90. The van der Waals surface area contributed by atoms with Gasteiger partial charge in [0.15, 0.2) is 0 Å². The highest BCUT2D eigenvalue weighted by atomic mass is 32.2. The molecule has 0 bridgehead atoms. The van der Waals surface area contributed by atoms with E-state index in [1.165, 1.54) is 0 Å². The molecule has 0 aliphatic heterocycles. The lowest BCUT2D eigenvalue weighted by Gasteiger charge is -2.11. The van der Waals surface area contributed by atoms with Crippen LogP contribution < -0.4 is 5.32 Å². The number of carbonyl (C=O) groups excluding carboxylic acids is 1. The minimum atomic E-state index is 0.000283. The highest BCUT2D eigenvalue weighted by molar-refractivity contribution is 8.00. The number of benzene rings is 1. The van der Waals surface area contributed by atoms with Crippen molar-refractivity contribution in [3.8, 4) is 0 Å². The first kappa shape index (κ1) is 14.7. The summed E-state index contributed by atoms with van der Waals surface area (Å²) >= 11 is 1.72. The van der Waals surface area contributed by atoms with Crippen LogP contribution in [0.3, 0.4) is 0 Å². The van der Waals surface area contributed by atoms with Crippen molar-refractivity contribution < 1.29 is 4.79 Å². The molecule has 2 aromatic rings. The van der Waals surface area contributed by atoms with Gasteiger partial charge in [0.2, 0.25) is 0 Å². The quantitative estimate of drug-likeness (QED) is 0.799. The zero-order valence-electron chi connectivity index (χ0n) is 11.8. The maximum atomic E-state index is 12.2. The van der Waals surface area contributed by atoms with Gasteiger partial charge in [-0.25, -0.2) is 0 Å². The Bertz CT molecular complexity index is 549. The summed E-state index contributed by atoms with van der Waals surface area (Å²) in [7, 11) is 0. The molecule has 0 fully saturated rings. The highest BCUT2D eigenvalue weighted by Gasteiger charge is 2.11. The SMILES string of the molecule is CC(C)Sc1ccccc1C(=O)NCCc1ccc[nH]1.